The Morgan fingerprint density at radius 2 is 2.00 bits per heavy atom. The van der Waals surface area contributed by atoms with Crippen LogP contribution in [0.15, 0.2) is 18.2 Å². The number of aromatic nitrogens is 2. The van der Waals surface area contributed by atoms with E-state index in [4.69, 9.17) is 0 Å². The first-order chi connectivity index (χ1) is 13.2. The van der Waals surface area contributed by atoms with Crippen molar-refractivity contribution in [2.75, 3.05) is 19.6 Å². The van der Waals surface area contributed by atoms with Crippen molar-refractivity contribution in [1.82, 2.24) is 19.8 Å². The average molecular weight is 396 g/mol. The zero-order valence-electron chi connectivity index (χ0n) is 16.5. The second-order valence-corrected chi connectivity index (χ2v) is 7.58. The second kappa shape index (κ2) is 8.11. The zero-order valence-corrected chi connectivity index (χ0v) is 16.5. The molecule has 1 aliphatic rings. The Hall–Kier alpha value is -2.09. The van der Waals surface area contributed by atoms with Gasteiger partial charge < -0.3 is 14.8 Å². The van der Waals surface area contributed by atoms with Crippen LogP contribution in [0.2, 0.25) is 0 Å². The fourth-order valence-electron chi connectivity index (χ4n) is 3.93. The Bertz CT molecular complexity index is 838. The summed E-state index contributed by atoms with van der Waals surface area (Å²) in [5, 5.41) is 3.29. The number of rotatable bonds is 5. The molecule has 1 saturated heterocycles. The van der Waals surface area contributed by atoms with Crippen molar-refractivity contribution < 1.29 is 18.0 Å². The monoisotopic (exact) mass is 396 g/mol. The lowest BCUT2D eigenvalue weighted by Gasteiger charge is -2.34. The normalized spacial score (nSPS) is 16.1. The number of benzene rings is 1. The largest absolute Gasteiger partial charge is 0.449 e. The molecular formula is C20H27F3N4O. The first-order valence-electron chi connectivity index (χ1n) is 9.85. The second-order valence-electron chi connectivity index (χ2n) is 7.58. The topological polar surface area (TPSA) is 50.2 Å². The molecule has 154 valence electrons. The van der Waals surface area contributed by atoms with Crippen LogP contribution >= 0.6 is 0 Å². The number of halogens is 3. The maximum atomic E-state index is 13.4. The van der Waals surface area contributed by atoms with Crippen molar-refractivity contribution in [1.29, 1.82) is 0 Å². The lowest BCUT2D eigenvalue weighted by molar-refractivity contribution is -0.147. The van der Waals surface area contributed by atoms with Crippen molar-refractivity contribution in [3.05, 3.63) is 29.6 Å². The molecule has 0 spiro atoms. The third-order valence-electron chi connectivity index (χ3n) is 5.18. The van der Waals surface area contributed by atoms with E-state index < -0.39 is 18.0 Å². The van der Waals surface area contributed by atoms with Crippen LogP contribution < -0.4 is 5.32 Å². The molecule has 0 radical (unpaired) electrons. The number of carbonyl (C=O) groups excluding carboxylic acids is 1. The van der Waals surface area contributed by atoms with E-state index >= 15 is 0 Å². The van der Waals surface area contributed by atoms with Gasteiger partial charge in [0.1, 0.15) is 0 Å². The Kier molecular flexibility index (Phi) is 5.98. The Morgan fingerprint density at radius 1 is 1.32 bits per heavy atom. The van der Waals surface area contributed by atoms with Gasteiger partial charge in [0.25, 0.3) is 5.91 Å². The van der Waals surface area contributed by atoms with Gasteiger partial charge in [-0.15, -0.1) is 0 Å². The molecule has 3 rings (SSSR count). The molecule has 5 nitrogen and oxygen atoms in total. The summed E-state index contributed by atoms with van der Waals surface area (Å²) >= 11 is 0. The van der Waals surface area contributed by atoms with E-state index in [9.17, 15) is 18.0 Å². The minimum Gasteiger partial charge on any atom is -0.336 e. The smallest absolute Gasteiger partial charge is 0.336 e. The number of piperidine rings is 1. The molecule has 1 aromatic carbocycles. The third-order valence-corrected chi connectivity index (χ3v) is 5.18. The standard InChI is InChI=1S/C20H27F3N4O/c1-4-11-26(15-7-9-24-10-8-15)18(28)14-5-6-17-16(12-14)25-19(20(21,22)23)27(17)13(2)3/h5-6,12-13,15,24H,4,7-11H2,1-3H3. The van der Waals surface area contributed by atoms with Gasteiger partial charge in [-0.1, -0.05) is 6.92 Å². The van der Waals surface area contributed by atoms with Crippen molar-refractivity contribution in [3.63, 3.8) is 0 Å². The summed E-state index contributed by atoms with van der Waals surface area (Å²) in [6, 6.07) is 4.46. The third kappa shape index (κ3) is 4.01. The molecule has 0 aliphatic carbocycles. The van der Waals surface area contributed by atoms with Gasteiger partial charge in [0, 0.05) is 24.2 Å². The summed E-state index contributed by atoms with van der Waals surface area (Å²) in [6.45, 7) is 7.77. The summed E-state index contributed by atoms with van der Waals surface area (Å²) in [5.41, 5.74) is 0.984. The summed E-state index contributed by atoms with van der Waals surface area (Å²) in [5.74, 6) is -1.06. The minimum atomic E-state index is -4.54. The molecule has 0 unspecified atom stereocenters. The quantitative estimate of drug-likeness (QED) is 0.822. The number of carbonyl (C=O) groups is 1. The number of nitrogens with zero attached hydrogens (tertiary/aromatic N) is 3. The number of nitrogens with one attached hydrogen (secondary N) is 1. The molecule has 1 aromatic heterocycles. The van der Waals surface area contributed by atoms with Gasteiger partial charge in [0.05, 0.1) is 11.0 Å². The van der Waals surface area contributed by atoms with Crippen LogP contribution in [-0.2, 0) is 6.18 Å². The number of amides is 1. The van der Waals surface area contributed by atoms with E-state index in [-0.39, 0.29) is 17.5 Å². The van der Waals surface area contributed by atoms with Crippen molar-refractivity contribution in [2.45, 2.75) is 58.3 Å². The van der Waals surface area contributed by atoms with Gasteiger partial charge in [-0.2, -0.15) is 13.2 Å². The van der Waals surface area contributed by atoms with Crippen LogP contribution in [-0.4, -0.2) is 46.0 Å². The van der Waals surface area contributed by atoms with Gasteiger partial charge >= 0.3 is 6.18 Å². The molecule has 1 amide bonds. The Labute approximate surface area is 162 Å². The Morgan fingerprint density at radius 3 is 2.57 bits per heavy atom. The highest BCUT2D eigenvalue weighted by Gasteiger charge is 2.38. The van der Waals surface area contributed by atoms with E-state index in [1.807, 2.05) is 11.8 Å². The summed E-state index contributed by atoms with van der Waals surface area (Å²) in [6.07, 6.45) is -1.95. The molecule has 2 heterocycles. The van der Waals surface area contributed by atoms with Crippen LogP contribution in [0.25, 0.3) is 11.0 Å². The van der Waals surface area contributed by atoms with E-state index in [1.165, 1.54) is 10.6 Å². The fourth-order valence-corrected chi connectivity index (χ4v) is 3.93. The molecule has 2 aromatic rings. The highest BCUT2D eigenvalue weighted by molar-refractivity contribution is 5.97. The SMILES string of the molecule is CCCN(C(=O)c1ccc2c(c1)nc(C(F)(F)F)n2C(C)C)C1CCNCC1. The van der Waals surface area contributed by atoms with Crippen molar-refractivity contribution in [2.24, 2.45) is 0 Å². The first kappa shape index (κ1) is 20.6. The number of alkyl halides is 3. The molecule has 8 heteroatoms. The molecular weight excluding hydrogens is 369 g/mol. The summed E-state index contributed by atoms with van der Waals surface area (Å²) in [4.78, 5) is 18.8. The van der Waals surface area contributed by atoms with E-state index in [2.05, 4.69) is 10.3 Å². The van der Waals surface area contributed by atoms with Crippen LogP contribution in [0.4, 0.5) is 13.2 Å². The number of hydrogen-bond donors (Lipinski definition) is 1. The van der Waals surface area contributed by atoms with E-state index in [0.29, 0.717) is 17.6 Å². The predicted octanol–water partition coefficient (Wildman–Crippen LogP) is 4.24. The molecule has 1 N–H and O–H groups in total. The fraction of sp³-hybridized carbons (Fsp3) is 0.600. The maximum Gasteiger partial charge on any atom is 0.449 e. The highest BCUT2D eigenvalue weighted by atomic mass is 19.4. The molecule has 1 fully saturated rings. The van der Waals surface area contributed by atoms with E-state index in [1.54, 1.807) is 26.0 Å². The van der Waals surface area contributed by atoms with Gasteiger partial charge in [0.2, 0.25) is 5.82 Å². The molecule has 0 bridgehead atoms. The van der Waals surface area contributed by atoms with Crippen LogP contribution in [0.1, 0.15) is 62.3 Å². The summed E-state index contributed by atoms with van der Waals surface area (Å²) in [7, 11) is 0. The molecule has 1 aliphatic heterocycles. The van der Waals surface area contributed by atoms with Crippen LogP contribution in [0.3, 0.4) is 0 Å². The van der Waals surface area contributed by atoms with Gasteiger partial charge in [0.15, 0.2) is 0 Å². The number of imidazole rings is 1. The van der Waals surface area contributed by atoms with E-state index in [0.717, 1.165) is 32.4 Å². The van der Waals surface area contributed by atoms with Gasteiger partial charge in [-0.3, -0.25) is 4.79 Å². The first-order valence-corrected chi connectivity index (χ1v) is 9.85. The Balaban J connectivity index is 1.99. The molecule has 28 heavy (non-hydrogen) atoms. The minimum absolute atomic E-state index is 0.136. The average Bonchev–Trinajstić information content (AvgIpc) is 3.05. The summed E-state index contributed by atoms with van der Waals surface area (Å²) < 4.78 is 41.4. The molecule has 0 saturated carbocycles. The number of fused-ring (bicyclic) bond motifs is 1. The lowest BCUT2D eigenvalue weighted by atomic mass is 10.0. The molecule has 0 atom stereocenters. The maximum absolute atomic E-state index is 13.4. The van der Waals surface area contributed by atoms with Crippen molar-refractivity contribution in [3.8, 4) is 0 Å². The van der Waals surface area contributed by atoms with Crippen molar-refractivity contribution >= 4 is 16.9 Å². The van der Waals surface area contributed by atoms with Gasteiger partial charge in [-0.05, 0) is 64.4 Å². The van der Waals surface area contributed by atoms with Crippen LogP contribution in [0, 0.1) is 0 Å². The predicted molar refractivity (Wildman–Crippen MR) is 102 cm³/mol. The lowest BCUT2D eigenvalue weighted by Crippen LogP contribution is -2.46. The van der Waals surface area contributed by atoms with Gasteiger partial charge in [-0.25, -0.2) is 4.98 Å². The van der Waals surface area contributed by atoms with Crippen LogP contribution in [0.5, 0.6) is 0 Å². The highest BCUT2D eigenvalue weighted by Crippen LogP contribution is 2.34. The number of hydrogen-bond acceptors (Lipinski definition) is 3. The zero-order chi connectivity index (χ0) is 20.5.